The largest absolute Gasteiger partial charge is 0.497 e. The van der Waals surface area contributed by atoms with Crippen LogP contribution in [-0.4, -0.2) is 26.2 Å². The Morgan fingerprint density at radius 1 is 1.35 bits per heavy atom. The second-order valence-electron chi connectivity index (χ2n) is 4.81. The van der Waals surface area contributed by atoms with Crippen LogP contribution in [0.4, 0.5) is 0 Å². The zero-order valence-corrected chi connectivity index (χ0v) is 12.6. The van der Waals surface area contributed by atoms with Crippen molar-refractivity contribution >= 4 is 5.91 Å². The highest BCUT2D eigenvalue weighted by atomic mass is 16.5. The van der Waals surface area contributed by atoms with Gasteiger partial charge < -0.3 is 20.5 Å². The smallest absolute Gasteiger partial charge is 0.237 e. The van der Waals surface area contributed by atoms with Crippen LogP contribution in [0.2, 0.25) is 0 Å². The van der Waals surface area contributed by atoms with Crippen LogP contribution in [0.15, 0.2) is 18.2 Å². The Kier molecular flexibility index (Phi) is 6.31. The van der Waals surface area contributed by atoms with E-state index in [0.717, 1.165) is 17.7 Å². The highest BCUT2D eigenvalue weighted by molar-refractivity contribution is 5.81. The molecule has 0 aliphatic rings. The lowest BCUT2D eigenvalue weighted by molar-refractivity contribution is -0.123. The van der Waals surface area contributed by atoms with Gasteiger partial charge in [-0.25, -0.2) is 0 Å². The molecule has 0 bridgehead atoms. The molecule has 3 N–H and O–H groups in total. The highest BCUT2D eigenvalue weighted by Gasteiger charge is 2.19. The van der Waals surface area contributed by atoms with Crippen LogP contribution in [0.3, 0.4) is 0 Å². The number of carbonyl (C=O) groups excluding carboxylic acids is 1. The third-order valence-electron chi connectivity index (χ3n) is 3.50. The summed E-state index contributed by atoms with van der Waals surface area (Å²) in [5.41, 5.74) is 6.75. The van der Waals surface area contributed by atoms with Crippen molar-refractivity contribution in [3.05, 3.63) is 23.8 Å². The van der Waals surface area contributed by atoms with E-state index in [0.29, 0.717) is 12.3 Å². The van der Waals surface area contributed by atoms with Gasteiger partial charge in [0.1, 0.15) is 11.5 Å². The summed E-state index contributed by atoms with van der Waals surface area (Å²) in [6.45, 7) is 4.35. The molecule has 5 heteroatoms. The van der Waals surface area contributed by atoms with Crippen molar-refractivity contribution in [2.24, 2.45) is 11.7 Å². The number of hydrogen-bond acceptors (Lipinski definition) is 4. The Labute approximate surface area is 120 Å². The van der Waals surface area contributed by atoms with Crippen LogP contribution in [0.25, 0.3) is 0 Å². The molecule has 0 saturated heterocycles. The quantitative estimate of drug-likeness (QED) is 0.797. The molecule has 0 radical (unpaired) electrons. The Morgan fingerprint density at radius 2 is 2.05 bits per heavy atom. The number of amides is 1. The van der Waals surface area contributed by atoms with E-state index in [4.69, 9.17) is 15.2 Å². The molecule has 0 aliphatic carbocycles. The molecule has 1 rings (SSSR count). The molecular weight excluding hydrogens is 256 g/mol. The molecule has 112 valence electrons. The molecule has 0 spiro atoms. The van der Waals surface area contributed by atoms with Gasteiger partial charge in [-0.15, -0.1) is 0 Å². The molecule has 1 unspecified atom stereocenters. The molecule has 0 saturated carbocycles. The zero-order chi connectivity index (χ0) is 15.1. The lowest BCUT2D eigenvalue weighted by Gasteiger charge is -2.18. The van der Waals surface area contributed by atoms with Gasteiger partial charge >= 0.3 is 0 Å². The van der Waals surface area contributed by atoms with Gasteiger partial charge in [-0.3, -0.25) is 4.79 Å². The molecule has 0 heterocycles. The molecule has 0 fully saturated rings. The predicted molar refractivity (Wildman–Crippen MR) is 78.8 cm³/mol. The third-order valence-corrected chi connectivity index (χ3v) is 3.50. The summed E-state index contributed by atoms with van der Waals surface area (Å²) >= 11 is 0. The number of methoxy groups -OCH3 is 2. The topological polar surface area (TPSA) is 73.6 Å². The average Bonchev–Trinajstić information content (AvgIpc) is 2.50. The van der Waals surface area contributed by atoms with Crippen molar-refractivity contribution in [1.29, 1.82) is 0 Å². The molecule has 1 amide bonds. The molecule has 1 aromatic carbocycles. The number of ether oxygens (including phenoxy) is 2. The second-order valence-corrected chi connectivity index (χ2v) is 4.81. The number of hydrogen-bond donors (Lipinski definition) is 2. The van der Waals surface area contributed by atoms with Gasteiger partial charge in [0, 0.05) is 12.1 Å². The number of rotatable bonds is 7. The lowest BCUT2D eigenvalue weighted by atomic mass is 9.99. The maximum Gasteiger partial charge on any atom is 0.237 e. The minimum absolute atomic E-state index is 0.149. The normalized spacial score (nSPS) is 13.4. The SMILES string of the molecule is CCC(C)[C@H](N)C(=O)NCc1cc(OC)ccc1OC. The van der Waals surface area contributed by atoms with Crippen LogP contribution in [-0.2, 0) is 11.3 Å². The summed E-state index contributed by atoms with van der Waals surface area (Å²) in [5, 5.41) is 2.84. The van der Waals surface area contributed by atoms with E-state index in [1.165, 1.54) is 0 Å². The van der Waals surface area contributed by atoms with Crippen LogP contribution in [0.5, 0.6) is 11.5 Å². The molecule has 20 heavy (non-hydrogen) atoms. The summed E-state index contributed by atoms with van der Waals surface area (Å²) in [6, 6.07) is 4.98. The third kappa shape index (κ3) is 4.13. The van der Waals surface area contributed by atoms with E-state index in [1.54, 1.807) is 14.2 Å². The number of nitrogens with two attached hydrogens (primary N) is 1. The van der Waals surface area contributed by atoms with Gasteiger partial charge in [0.15, 0.2) is 0 Å². The first-order valence-electron chi connectivity index (χ1n) is 6.77. The average molecular weight is 280 g/mol. The molecule has 0 aliphatic heterocycles. The van der Waals surface area contributed by atoms with Gasteiger partial charge in [0.25, 0.3) is 0 Å². The van der Waals surface area contributed by atoms with E-state index in [-0.39, 0.29) is 11.8 Å². The van der Waals surface area contributed by atoms with Crippen molar-refractivity contribution in [3.63, 3.8) is 0 Å². The molecular formula is C15H24N2O3. The fourth-order valence-corrected chi connectivity index (χ4v) is 1.83. The minimum Gasteiger partial charge on any atom is -0.497 e. The van der Waals surface area contributed by atoms with E-state index in [2.05, 4.69) is 5.32 Å². The summed E-state index contributed by atoms with van der Waals surface area (Å²) < 4.78 is 10.4. The first kappa shape index (κ1) is 16.3. The van der Waals surface area contributed by atoms with Gasteiger partial charge in [-0.1, -0.05) is 20.3 Å². The number of benzene rings is 1. The highest BCUT2D eigenvalue weighted by Crippen LogP contribution is 2.23. The molecule has 1 aromatic rings. The van der Waals surface area contributed by atoms with Crippen LogP contribution in [0.1, 0.15) is 25.8 Å². The number of carbonyl (C=O) groups is 1. The fraction of sp³-hybridized carbons (Fsp3) is 0.533. The summed E-state index contributed by atoms with van der Waals surface area (Å²) in [7, 11) is 3.20. The number of nitrogens with one attached hydrogen (secondary N) is 1. The Bertz CT molecular complexity index is 449. The maximum atomic E-state index is 12.0. The van der Waals surface area contributed by atoms with E-state index < -0.39 is 6.04 Å². The maximum absolute atomic E-state index is 12.0. The first-order chi connectivity index (χ1) is 9.53. The Morgan fingerprint density at radius 3 is 2.60 bits per heavy atom. The van der Waals surface area contributed by atoms with Crippen molar-refractivity contribution in [1.82, 2.24) is 5.32 Å². The minimum atomic E-state index is -0.489. The fourth-order valence-electron chi connectivity index (χ4n) is 1.83. The van der Waals surface area contributed by atoms with E-state index in [1.807, 2.05) is 32.0 Å². The van der Waals surface area contributed by atoms with E-state index in [9.17, 15) is 4.79 Å². The monoisotopic (exact) mass is 280 g/mol. The van der Waals surface area contributed by atoms with Gasteiger partial charge in [-0.2, -0.15) is 0 Å². The zero-order valence-electron chi connectivity index (χ0n) is 12.6. The van der Waals surface area contributed by atoms with Gasteiger partial charge in [0.05, 0.1) is 20.3 Å². The van der Waals surface area contributed by atoms with Crippen LogP contribution < -0.4 is 20.5 Å². The van der Waals surface area contributed by atoms with Crippen molar-refractivity contribution in [3.8, 4) is 11.5 Å². The molecule has 2 atom stereocenters. The lowest BCUT2D eigenvalue weighted by Crippen LogP contribution is -2.44. The Hall–Kier alpha value is -1.75. The standard InChI is InChI=1S/C15H24N2O3/c1-5-10(2)14(16)15(18)17-9-11-8-12(19-3)6-7-13(11)20-4/h6-8,10,14H,5,9,16H2,1-4H3,(H,17,18)/t10?,14-/m0/s1. The summed E-state index contributed by atoms with van der Waals surface area (Å²) in [4.78, 5) is 12.0. The van der Waals surface area contributed by atoms with Crippen LogP contribution in [0, 0.1) is 5.92 Å². The Balaban J connectivity index is 2.71. The van der Waals surface area contributed by atoms with Gasteiger partial charge in [-0.05, 0) is 24.1 Å². The summed E-state index contributed by atoms with van der Waals surface area (Å²) in [6.07, 6.45) is 0.872. The van der Waals surface area contributed by atoms with E-state index >= 15 is 0 Å². The summed E-state index contributed by atoms with van der Waals surface area (Å²) in [5.74, 6) is 1.44. The van der Waals surface area contributed by atoms with Gasteiger partial charge in [0.2, 0.25) is 5.91 Å². The van der Waals surface area contributed by atoms with Crippen molar-refractivity contribution in [2.45, 2.75) is 32.9 Å². The van der Waals surface area contributed by atoms with Crippen LogP contribution >= 0.6 is 0 Å². The van der Waals surface area contributed by atoms with Crippen molar-refractivity contribution < 1.29 is 14.3 Å². The predicted octanol–water partition coefficient (Wildman–Crippen LogP) is 1.69. The first-order valence-corrected chi connectivity index (χ1v) is 6.77. The van der Waals surface area contributed by atoms with Crippen molar-refractivity contribution in [2.75, 3.05) is 14.2 Å². The molecule has 0 aromatic heterocycles. The molecule has 5 nitrogen and oxygen atoms in total. The second kappa shape index (κ2) is 7.75.